The molecule has 0 aliphatic rings. The predicted octanol–water partition coefficient (Wildman–Crippen LogP) is 3.72. The molecule has 1 aromatic rings. The van der Waals surface area contributed by atoms with Gasteiger partial charge >= 0.3 is 0 Å². The molecule has 0 fully saturated rings. The van der Waals surface area contributed by atoms with Crippen molar-refractivity contribution in [2.75, 3.05) is 11.9 Å². The third kappa shape index (κ3) is 4.81. The van der Waals surface area contributed by atoms with Gasteiger partial charge in [-0.3, -0.25) is 4.79 Å². The number of nitrogens with one attached hydrogen (secondary N) is 1. The van der Waals surface area contributed by atoms with E-state index in [0.29, 0.717) is 5.92 Å². The second-order valence-electron chi connectivity index (χ2n) is 4.63. The smallest absolute Gasteiger partial charge is 0.227 e. The van der Waals surface area contributed by atoms with Crippen molar-refractivity contribution in [1.82, 2.24) is 5.32 Å². The highest BCUT2D eigenvalue weighted by atomic mass is 79.9. The summed E-state index contributed by atoms with van der Waals surface area (Å²) in [4.78, 5) is 12.0. The summed E-state index contributed by atoms with van der Waals surface area (Å²) in [6, 6.07) is 9.91. The standard InChI is InChI=1S/C15H22BrNO/c1-3-13(9-10-16)11-17-15(18)12(2)14-7-5-4-6-8-14/h4-8,12-13H,3,9-11H2,1-2H3,(H,17,18). The molecule has 2 unspecified atom stereocenters. The van der Waals surface area contributed by atoms with E-state index in [1.54, 1.807) is 0 Å². The summed E-state index contributed by atoms with van der Waals surface area (Å²) >= 11 is 3.45. The van der Waals surface area contributed by atoms with E-state index in [0.717, 1.165) is 30.3 Å². The Balaban J connectivity index is 2.45. The molecule has 0 radical (unpaired) electrons. The van der Waals surface area contributed by atoms with Crippen LogP contribution in [0.2, 0.25) is 0 Å². The van der Waals surface area contributed by atoms with Crippen LogP contribution in [0.3, 0.4) is 0 Å². The number of carbonyl (C=O) groups excluding carboxylic acids is 1. The molecular formula is C15H22BrNO. The molecule has 0 saturated heterocycles. The molecule has 1 rings (SSSR count). The molecule has 0 bridgehead atoms. The van der Waals surface area contributed by atoms with E-state index >= 15 is 0 Å². The summed E-state index contributed by atoms with van der Waals surface area (Å²) in [5.41, 5.74) is 1.07. The second kappa shape index (κ2) is 8.30. The fraction of sp³-hybridized carbons (Fsp3) is 0.533. The second-order valence-corrected chi connectivity index (χ2v) is 5.42. The number of hydrogen-bond donors (Lipinski definition) is 1. The number of carbonyl (C=O) groups is 1. The lowest BCUT2D eigenvalue weighted by Crippen LogP contribution is -2.32. The summed E-state index contributed by atoms with van der Waals surface area (Å²) in [6.45, 7) is 4.90. The first kappa shape index (κ1) is 15.2. The molecule has 0 spiro atoms. The lowest BCUT2D eigenvalue weighted by Gasteiger charge is -2.17. The summed E-state index contributed by atoms with van der Waals surface area (Å²) in [6.07, 6.45) is 2.21. The summed E-state index contributed by atoms with van der Waals surface area (Å²) in [7, 11) is 0. The first-order valence-electron chi connectivity index (χ1n) is 6.57. The van der Waals surface area contributed by atoms with Crippen LogP contribution < -0.4 is 5.32 Å². The maximum atomic E-state index is 12.0. The predicted molar refractivity (Wildman–Crippen MR) is 80.1 cm³/mol. The summed E-state index contributed by atoms with van der Waals surface area (Å²) in [5.74, 6) is 0.609. The molecule has 2 atom stereocenters. The average Bonchev–Trinajstić information content (AvgIpc) is 2.43. The Kier molecular flexibility index (Phi) is 7.02. The first-order valence-corrected chi connectivity index (χ1v) is 7.69. The molecule has 18 heavy (non-hydrogen) atoms. The zero-order valence-corrected chi connectivity index (χ0v) is 12.7. The minimum Gasteiger partial charge on any atom is -0.355 e. The van der Waals surface area contributed by atoms with Crippen molar-refractivity contribution in [1.29, 1.82) is 0 Å². The first-order chi connectivity index (χ1) is 8.69. The Morgan fingerprint density at radius 3 is 2.56 bits per heavy atom. The summed E-state index contributed by atoms with van der Waals surface area (Å²) in [5, 5.41) is 4.05. The number of benzene rings is 1. The third-order valence-electron chi connectivity index (χ3n) is 3.35. The number of hydrogen-bond acceptors (Lipinski definition) is 1. The number of alkyl halides is 1. The van der Waals surface area contributed by atoms with Gasteiger partial charge in [-0.2, -0.15) is 0 Å². The van der Waals surface area contributed by atoms with Crippen LogP contribution in [0.25, 0.3) is 0 Å². The van der Waals surface area contributed by atoms with Crippen LogP contribution in [-0.4, -0.2) is 17.8 Å². The molecule has 2 nitrogen and oxygen atoms in total. The van der Waals surface area contributed by atoms with Crippen molar-refractivity contribution in [2.24, 2.45) is 5.92 Å². The maximum Gasteiger partial charge on any atom is 0.227 e. The molecule has 1 amide bonds. The molecule has 0 aliphatic carbocycles. The lowest BCUT2D eigenvalue weighted by atomic mass is 9.99. The summed E-state index contributed by atoms with van der Waals surface area (Å²) < 4.78 is 0. The Morgan fingerprint density at radius 1 is 1.33 bits per heavy atom. The normalized spacial score (nSPS) is 13.9. The van der Waals surface area contributed by atoms with E-state index < -0.39 is 0 Å². The third-order valence-corrected chi connectivity index (χ3v) is 3.81. The van der Waals surface area contributed by atoms with Gasteiger partial charge in [0.1, 0.15) is 0 Å². The van der Waals surface area contributed by atoms with Crippen molar-refractivity contribution in [2.45, 2.75) is 32.6 Å². The van der Waals surface area contributed by atoms with Gasteiger partial charge < -0.3 is 5.32 Å². The molecule has 0 aromatic heterocycles. The molecule has 0 heterocycles. The van der Waals surface area contributed by atoms with Gasteiger partial charge in [0.2, 0.25) is 5.91 Å². The van der Waals surface area contributed by atoms with Crippen LogP contribution in [-0.2, 0) is 4.79 Å². The Labute approximate surface area is 118 Å². The van der Waals surface area contributed by atoms with Gasteiger partial charge in [0.05, 0.1) is 5.92 Å². The molecular weight excluding hydrogens is 290 g/mol. The minimum atomic E-state index is -0.0762. The van der Waals surface area contributed by atoms with Gasteiger partial charge in [-0.25, -0.2) is 0 Å². The molecule has 0 saturated carbocycles. The fourth-order valence-corrected chi connectivity index (χ4v) is 2.54. The Hall–Kier alpha value is -0.830. The van der Waals surface area contributed by atoms with Gasteiger partial charge in [0, 0.05) is 11.9 Å². The highest BCUT2D eigenvalue weighted by Gasteiger charge is 2.15. The SMILES string of the molecule is CCC(CCBr)CNC(=O)C(C)c1ccccc1. The quantitative estimate of drug-likeness (QED) is 0.764. The number of amides is 1. The molecule has 1 N–H and O–H groups in total. The maximum absolute atomic E-state index is 12.0. The van der Waals surface area contributed by atoms with Crippen molar-refractivity contribution in [3.63, 3.8) is 0 Å². The van der Waals surface area contributed by atoms with Gasteiger partial charge in [0.15, 0.2) is 0 Å². The van der Waals surface area contributed by atoms with E-state index in [-0.39, 0.29) is 11.8 Å². The van der Waals surface area contributed by atoms with Gasteiger partial charge in [-0.1, -0.05) is 59.6 Å². The van der Waals surface area contributed by atoms with Crippen LogP contribution in [0, 0.1) is 5.92 Å². The Bertz CT molecular complexity index is 353. The van der Waals surface area contributed by atoms with Gasteiger partial charge in [-0.15, -0.1) is 0 Å². The van der Waals surface area contributed by atoms with Crippen molar-refractivity contribution >= 4 is 21.8 Å². The van der Waals surface area contributed by atoms with E-state index in [4.69, 9.17) is 0 Å². The highest BCUT2D eigenvalue weighted by molar-refractivity contribution is 9.09. The lowest BCUT2D eigenvalue weighted by molar-refractivity contribution is -0.122. The molecule has 1 aromatic carbocycles. The zero-order chi connectivity index (χ0) is 13.4. The fourth-order valence-electron chi connectivity index (χ4n) is 1.90. The molecule has 0 aliphatic heterocycles. The van der Waals surface area contributed by atoms with E-state index in [1.807, 2.05) is 37.3 Å². The van der Waals surface area contributed by atoms with Gasteiger partial charge in [-0.05, 0) is 24.8 Å². The number of halogens is 1. The van der Waals surface area contributed by atoms with Crippen molar-refractivity contribution < 1.29 is 4.79 Å². The zero-order valence-electron chi connectivity index (χ0n) is 11.2. The van der Waals surface area contributed by atoms with Crippen LogP contribution in [0.4, 0.5) is 0 Å². The molecule has 100 valence electrons. The minimum absolute atomic E-state index is 0.0762. The van der Waals surface area contributed by atoms with Crippen molar-refractivity contribution in [3.8, 4) is 0 Å². The van der Waals surface area contributed by atoms with E-state index in [9.17, 15) is 4.79 Å². The van der Waals surface area contributed by atoms with Crippen LogP contribution in [0.5, 0.6) is 0 Å². The van der Waals surface area contributed by atoms with E-state index in [2.05, 4.69) is 28.2 Å². The van der Waals surface area contributed by atoms with Crippen LogP contribution in [0.15, 0.2) is 30.3 Å². The largest absolute Gasteiger partial charge is 0.355 e. The van der Waals surface area contributed by atoms with Crippen LogP contribution >= 0.6 is 15.9 Å². The monoisotopic (exact) mass is 311 g/mol. The van der Waals surface area contributed by atoms with Crippen LogP contribution in [0.1, 0.15) is 38.2 Å². The highest BCUT2D eigenvalue weighted by Crippen LogP contribution is 2.15. The topological polar surface area (TPSA) is 29.1 Å². The van der Waals surface area contributed by atoms with Gasteiger partial charge in [0.25, 0.3) is 0 Å². The molecule has 3 heteroatoms. The van der Waals surface area contributed by atoms with E-state index in [1.165, 1.54) is 0 Å². The Morgan fingerprint density at radius 2 is 2.00 bits per heavy atom. The average molecular weight is 312 g/mol. The van der Waals surface area contributed by atoms with Crippen molar-refractivity contribution in [3.05, 3.63) is 35.9 Å². The number of rotatable bonds is 7.